The van der Waals surface area contributed by atoms with Crippen LogP contribution in [0.1, 0.15) is 42.3 Å². The number of non-ortho nitro benzene ring substituents is 1. The van der Waals surface area contributed by atoms with Crippen LogP contribution < -0.4 is 5.32 Å². The van der Waals surface area contributed by atoms with Crippen molar-refractivity contribution in [2.75, 3.05) is 5.32 Å². The van der Waals surface area contributed by atoms with E-state index in [1.54, 1.807) is 12.1 Å². The highest BCUT2D eigenvalue weighted by molar-refractivity contribution is 6.00. The van der Waals surface area contributed by atoms with Gasteiger partial charge in [-0.1, -0.05) is 43.2 Å². The Hall–Kier alpha value is -3.81. The fraction of sp³-hybridized carbons (Fsp3) is 0.190. The van der Waals surface area contributed by atoms with Crippen LogP contribution in [-0.2, 0) is 11.2 Å². The first-order chi connectivity index (χ1) is 13.9. The Morgan fingerprint density at radius 2 is 1.83 bits per heavy atom. The molecule has 1 heterocycles. The van der Waals surface area contributed by atoms with Gasteiger partial charge in [0.25, 0.3) is 11.6 Å². The van der Waals surface area contributed by atoms with E-state index in [2.05, 4.69) is 41.5 Å². The minimum Gasteiger partial charge on any atom is -0.407 e. The lowest BCUT2D eigenvalue weighted by Crippen LogP contribution is -2.07. The second-order valence-corrected chi connectivity index (χ2v) is 6.75. The summed E-state index contributed by atoms with van der Waals surface area (Å²) in [6, 6.07) is 14.0. The number of hydrogen-bond acceptors (Lipinski definition) is 6. The van der Waals surface area contributed by atoms with Crippen molar-refractivity contribution < 1.29 is 14.1 Å². The number of carbonyl (C=O) groups is 1. The molecule has 0 saturated heterocycles. The van der Waals surface area contributed by atoms with Gasteiger partial charge in [0.15, 0.2) is 0 Å². The molecule has 0 aliphatic heterocycles. The summed E-state index contributed by atoms with van der Waals surface area (Å²) >= 11 is 0. The average Bonchev–Trinajstić information content (AvgIpc) is 3.13. The van der Waals surface area contributed by atoms with Crippen LogP contribution in [0.4, 0.5) is 11.7 Å². The largest absolute Gasteiger partial charge is 0.407 e. The molecule has 0 aliphatic carbocycles. The molecule has 8 nitrogen and oxygen atoms in total. The van der Waals surface area contributed by atoms with E-state index in [9.17, 15) is 14.9 Å². The second kappa shape index (κ2) is 8.92. The number of hydrogen-bond donors (Lipinski definition) is 1. The van der Waals surface area contributed by atoms with Crippen molar-refractivity contribution in [3.8, 4) is 0 Å². The van der Waals surface area contributed by atoms with Gasteiger partial charge in [0, 0.05) is 18.2 Å². The zero-order valence-electron chi connectivity index (χ0n) is 16.0. The summed E-state index contributed by atoms with van der Waals surface area (Å²) in [5, 5.41) is 20.9. The maximum absolute atomic E-state index is 12.0. The molecule has 1 amide bonds. The van der Waals surface area contributed by atoms with Gasteiger partial charge in [-0.05, 0) is 40.8 Å². The topological polar surface area (TPSA) is 111 Å². The molecule has 1 aromatic heterocycles. The van der Waals surface area contributed by atoms with Crippen molar-refractivity contribution in [2.24, 2.45) is 0 Å². The predicted octanol–water partition coefficient (Wildman–Crippen LogP) is 4.34. The van der Waals surface area contributed by atoms with Crippen LogP contribution in [0.2, 0.25) is 0 Å². The molecule has 0 radical (unpaired) electrons. The zero-order valence-corrected chi connectivity index (χ0v) is 16.0. The smallest absolute Gasteiger partial charge is 0.322 e. The number of nitrogens with one attached hydrogen (secondary N) is 1. The number of aromatic nitrogens is 2. The van der Waals surface area contributed by atoms with E-state index in [0.29, 0.717) is 23.8 Å². The summed E-state index contributed by atoms with van der Waals surface area (Å²) in [5.74, 6) is 0.421. The van der Waals surface area contributed by atoms with Gasteiger partial charge >= 0.3 is 6.01 Å². The van der Waals surface area contributed by atoms with Gasteiger partial charge in [0.2, 0.25) is 5.89 Å². The summed E-state index contributed by atoms with van der Waals surface area (Å²) in [7, 11) is 0. The number of rotatable bonds is 7. The van der Waals surface area contributed by atoms with Gasteiger partial charge in [0.05, 0.1) is 11.3 Å². The highest BCUT2D eigenvalue weighted by Gasteiger charge is 2.09. The van der Waals surface area contributed by atoms with Crippen molar-refractivity contribution in [2.45, 2.75) is 26.2 Å². The summed E-state index contributed by atoms with van der Waals surface area (Å²) in [6.45, 7) is 4.27. The molecule has 0 fully saturated rings. The molecule has 1 N–H and O–H groups in total. The Morgan fingerprint density at radius 3 is 2.45 bits per heavy atom. The lowest BCUT2D eigenvalue weighted by molar-refractivity contribution is -0.384. The van der Waals surface area contributed by atoms with Gasteiger partial charge in [-0.3, -0.25) is 20.2 Å². The number of nitrogens with zero attached hydrogens (tertiary/aromatic N) is 3. The average molecular weight is 392 g/mol. The molecule has 0 atom stereocenters. The van der Waals surface area contributed by atoms with Gasteiger partial charge in [0.1, 0.15) is 0 Å². The predicted molar refractivity (Wildman–Crippen MR) is 108 cm³/mol. The standard InChI is InChI=1S/C21H20N4O4/c1-14(2)17-8-3-16(4-9-17)13-20-23-24-21(29-20)22-19(26)12-7-15-5-10-18(11-6-15)25(27)28/h3-12,14H,13H2,1-2H3,(H,22,24,26). The molecule has 0 spiro atoms. The first-order valence-corrected chi connectivity index (χ1v) is 9.05. The minimum absolute atomic E-state index is 0.0103. The highest BCUT2D eigenvalue weighted by Crippen LogP contribution is 2.17. The molecule has 29 heavy (non-hydrogen) atoms. The van der Waals surface area contributed by atoms with E-state index < -0.39 is 10.8 Å². The van der Waals surface area contributed by atoms with Gasteiger partial charge < -0.3 is 4.42 Å². The number of anilines is 1. The molecule has 0 unspecified atom stereocenters. The van der Waals surface area contributed by atoms with Crippen LogP contribution in [0, 0.1) is 10.1 Å². The Kier molecular flexibility index (Phi) is 6.13. The van der Waals surface area contributed by atoms with Crippen molar-refractivity contribution >= 4 is 23.7 Å². The third kappa shape index (κ3) is 5.58. The normalized spacial score (nSPS) is 11.1. The summed E-state index contributed by atoms with van der Waals surface area (Å²) in [6.07, 6.45) is 3.29. The van der Waals surface area contributed by atoms with Gasteiger partial charge in [-0.2, -0.15) is 0 Å². The number of nitro groups is 1. The fourth-order valence-corrected chi connectivity index (χ4v) is 2.60. The van der Waals surface area contributed by atoms with E-state index in [-0.39, 0.29) is 11.7 Å². The molecule has 3 rings (SSSR count). The molecule has 2 aromatic carbocycles. The van der Waals surface area contributed by atoms with Crippen molar-refractivity contribution in [3.63, 3.8) is 0 Å². The van der Waals surface area contributed by atoms with Crippen LogP contribution in [0.15, 0.2) is 59.0 Å². The lowest BCUT2D eigenvalue weighted by Gasteiger charge is -2.05. The lowest BCUT2D eigenvalue weighted by atomic mass is 10.0. The number of carbonyl (C=O) groups excluding carboxylic acids is 1. The Labute approximate surface area is 167 Å². The first kappa shape index (κ1) is 19.9. The Bertz CT molecular complexity index is 1020. The molecule has 0 saturated carbocycles. The van der Waals surface area contributed by atoms with E-state index in [0.717, 1.165) is 5.56 Å². The van der Waals surface area contributed by atoms with Crippen LogP contribution in [0.5, 0.6) is 0 Å². The SMILES string of the molecule is CC(C)c1ccc(Cc2nnc(NC(=O)C=Cc3ccc([N+](=O)[O-])cc3)o2)cc1. The molecular weight excluding hydrogens is 372 g/mol. The molecular formula is C21H20N4O4. The molecule has 3 aromatic rings. The molecule has 0 aliphatic rings. The highest BCUT2D eigenvalue weighted by atomic mass is 16.6. The minimum atomic E-state index is -0.480. The second-order valence-electron chi connectivity index (χ2n) is 6.75. The van der Waals surface area contributed by atoms with Crippen LogP contribution in [0.3, 0.4) is 0 Å². The number of benzene rings is 2. The third-order valence-electron chi connectivity index (χ3n) is 4.23. The Balaban J connectivity index is 1.56. The molecule has 148 valence electrons. The van der Waals surface area contributed by atoms with E-state index in [1.165, 1.54) is 29.8 Å². The maximum atomic E-state index is 12.0. The van der Waals surface area contributed by atoms with E-state index >= 15 is 0 Å². The number of nitro benzene ring substituents is 1. The quantitative estimate of drug-likeness (QED) is 0.364. The van der Waals surface area contributed by atoms with Gasteiger partial charge in [-0.15, -0.1) is 5.10 Å². The summed E-state index contributed by atoms with van der Waals surface area (Å²) in [5.41, 5.74) is 2.94. The summed E-state index contributed by atoms with van der Waals surface area (Å²) in [4.78, 5) is 22.2. The van der Waals surface area contributed by atoms with Crippen LogP contribution >= 0.6 is 0 Å². The van der Waals surface area contributed by atoms with Gasteiger partial charge in [-0.25, -0.2) is 0 Å². The van der Waals surface area contributed by atoms with Crippen LogP contribution in [0.25, 0.3) is 6.08 Å². The fourth-order valence-electron chi connectivity index (χ4n) is 2.60. The van der Waals surface area contributed by atoms with Crippen molar-refractivity contribution in [3.05, 3.63) is 87.3 Å². The Morgan fingerprint density at radius 1 is 1.14 bits per heavy atom. The maximum Gasteiger partial charge on any atom is 0.322 e. The monoisotopic (exact) mass is 392 g/mol. The molecule has 0 bridgehead atoms. The van der Waals surface area contributed by atoms with Crippen molar-refractivity contribution in [1.29, 1.82) is 0 Å². The van der Waals surface area contributed by atoms with Crippen molar-refractivity contribution in [1.82, 2.24) is 10.2 Å². The summed E-state index contributed by atoms with van der Waals surface area (Å²) < 4.78 is 5.47. The molecule has 8 heteroatoms. The third-order valence-corrected chi connectivity index (χ3v) is 4.23. The first-order valence-electron chi connectivity index (χ1n) is 9.05. The number of amides is 1. The van der Waals surface area contributed by atoms with Crippen LogP contribution in [-0.4, -0.2) is 21.0 Å². The van der Waals surface area contributed by atoms with E-state index in [1.807, 2.05) is 12.1 Å². The van der Waals surface area contributed by atoms with E-state index in [4.69, 9.17) is 4.42 Å². The zero-order chi connectivity index (χ0) is 20.8.